The van der Waals surface area contributed by atoms with E-state index in [1.807, 2.05) is 12.3 Å². The van der Waals surface area contributed by atoms with Gasteiger partial charge in [-0.2, -0.15) is 0 Å². The molecule has 0 saturated heterocycles. The van der Waals surface area contributed by atoms with E-state index in [1.54, 1.807) is 0 Å². The van der Waals surface area contributed by atoms with Gasteiger partial charge >= 0.3 is 0 Å². The molecule has 17 heavy (non-hydrogen) atoms. The van der Waals surface area contributed by atoms with E-state index in [4.69, 9.17) is 5.73 Å². The summed E-state index contributed by atoms with van der Waals surface area (Å²) in [6, 6.07) is 4.54. The zero-order valence-electron chi connectivity index (χ0n) is 11.5. The summed E-state index contributed by atoms with van der Waals surface area (Å²) in [4.78, 5) is 6.65. The predicted molar refractivity (Wildman–Crippen MR) is 75.2 cm³/mol. The van der Waals surface area contributed by atoms with E-state index in [2.05, 4.69) is 43.6 Å². The van der Waals surface area contributed by atoms with Crippen molar-refractivity contribution in [2.24, 2.45) is 5.92 Å². The molecule has 96 valence electrons. The standard InChI is InChI=1S/C14H25N3/c1-5-12(6-2)17(10-11(3)4)13-7-8-14(15)16-9-13/h7-9,11-12H,5-6,10H2,1-4H3,(H2,15,16). The highest BCUT2D eigenvalue weighted by Crippen LogP contribution is 2.21. The van der Waals surface area contributed by atoms with E-state index in [-0.39, 0.29) is 0 Å². The summed E-state index contributed by atoms with van der Waals surface area (Å²) in [5.41, 5.74) is 6.82. The highest BCUT2D eigenvalue weighted by atomic mass is 15.2. The molecule has 2 N–H and O–H groups in total. The molecule has 0 spiro atoms. The van der Waals surface area contributed by atoms with E-state index in [1.165, 1.54) is 5.69 Å². The molecule has 3 heteroatoms. The minimum absolute atomic E-state index is 0.586. The minimum Gasteiger partial charge on any atom is -0.384 e. The Balaban J connectivity index is 2.92. The van der Waals surface area contributed by atoms with Gasteiger partial charge < -0.3 is 10.6 Å². The Morgan fingerprint density at radius 1 is 1.24 bits per heavy atom. The number of rotatable bonds is 6. The monoisotopic (exact) mass is 235 g/mol. The molecule has 0 saturated carbocycles. The van der Waals surface area contributed by atoms with Gasteiger partial charge in [-0.05, 0) is 30.9 Å². The summed E-state index contributed by atoms with van der Waals surface area (Å²) in [5, 5.41) is 0. The van der Waals surface area contributed by atoms with Gasteiger partial charge in [-0.1, -0.05) is 27.7 Å². The molecule has 0 atom stereocenters. The highest BCUT2D eigenvalue weighted by molar-refractivity contribution is 5.48. The molecule has 0 aromatic carbocycles. The first-order valence-corrected chi connectivity index (χ1v) is 6.56. The maximum Gasteiger partial charge on any atom is 0.123 e. The number of anilines is 2. The lowest BCUT2D eigenvalue weighted by Crippen LogP contribution is -2.37. The van der Waals surface area contributed by atoms with Crippen LogP contribution in [0.2, 0.25) is 0 Å². The first-order valence-electron chi connectivity index (χ1n) is 6.56. The third kappa shape index (κ3) is 3.91. The van der Waals surface area contributed by atoms with Crippen molar-refractivity contribution in [2.75, 3.05) is 17.2 Å². The van der Waals surface area contributed by atoms with Gasteiger partial charge in [0, 0.05) is 12.6 Å². The fourth-order valence-electron chi connectivity index (χ4n) is 2.16. The quantitative estimate of drug-likeness (QED) is 0.822. The van der Waals surface area contributed by atoms with E-state index < -0.39 is 0 Å². The molecule has 0 unspecified atom stereocenters. The zero-order chi connectivity index (χ0) is 12.8. The second-order valence-corrected chi connectivity index (χ2v) is 4.96. The van der Waals surface area contributed by atoms with Crippen LogP contribution in [0.4, 0.5) is 11.5 Å². The highest BCUT2D eigenvalue weighted by Gasteiger charge is 2.16. The summed E-state index contributed by atoms with van der Waals surface area (Å²) in [7, 11) is 0. The Bertz CT molecular complexity index is 315. The topological polar surface area (TPSA) is 42.1 Å². The van der Waals surface area contributed by atoms with Crippen LogP contribution in [0.3, 0.4) is 0 Å². The summed E-state index contributed by atoms with van der Waals surface area (Å²) in [6.45, 7) is 10.1. The van der Waals surface area contributed by atoms with Crippen molar-refractivity contribution in [1.82, 2.24) is 4.98 Å². The SMILES string of the molecule is CCC(CC)N(CC(C)C)c1ccc(N)nc1. The van der Waals surface area contributed by atoms with Gasteiger partial charge in [0.15, 0.2) is 0 Å². The van der Waals surface area contributed by atoms with Crippen molar-refractivity contribution in [3.8, 4) is 0 Å². The summed E-state index contributed by atoms with van der Waals surface area (Å²) < 4.78 is 0. The molecule has 0 amide bonds. The fourth-order valence-corrected chi connectivity index (χ4v) is 2.16. The van der Waals surface area contributed by atoms with Crippen molar-refractivity contribution in [3.63, 3.8) is 0 Å². The van der Waals surface area contributed by atoms with E-state index in [0.717, 1.165) is 19.4 Å². The lowest BCUT2D eigenvalue weighted by atomic mass is 10.1. The van der Waals surface area contributed by atoms with E-state index in [9.17, 15) is 0 Å². The maximum absolute atomic E-state index is 5.64. The van der Waals surface area contributed by atoms with Crippen molar-refractivity contribution < 1.29 is 0 Å². The van der Waals surface area contributed by atoms with Gasteiger partial charge in [0.05, 0.1) is 11.9 Å². The number of nitrogens with two attached hydrogens (primary N) is 1. The average Bonchev–Trinajstić information content (AvgIpc) is 2.30. The van der Waals surface area contributed by atoms with Gasteiger partial charge in [-0.15, -0.1) is 0 Å². The average molecular weight is 235 g/mol. The smallest absolute Gasteiger partial charge is 0.123 e. The number of aromatic nitrogens is 1. The Kier molecular flexibility index (Phi) is 5.26. The first kappa shape index (κ1) is 13.8. The Morgan fingerprint density at radius 3 is 2.29 bits per heavy atom. The molecule has 1 rings (SSSR count). The number of pyridine rings is 1. The molecular formula is C14H25N3. The Labute approximate surface area is 105 Å². The Morgan fingerprint density at radius 2 is 1.88 bits per heavy atom. The number of nitrogen functional groups attached to an aromatic ring is 1. The molecule has 1 heterocycles. The largest absolute Gasteiger partial charge is 0.384 e. The third-order valence-electron chi connectivity index (χ3n) is 3.05. The lowest BCUT2D eigenvalue weighted by molar-refractivity contribution is 0.507. The molecule has 0 fully saturated rings. The second kappa shape index (κ2) is 6.48. The van der Waals surface area contributed by atoms with Crippen LogP contribution < -0.4 is 10.6 Å². The molecule has 1 aromatic heterocycles. The van der Waals surface area contributed by atoms with Crippen LogP contribution in [0.5, 0.6) is 0 Å². The summed E-state index contributed by atoms with van der Waals surface area (Å²) in [6.07, 6.45) is 4.21. The van der Waals surface area contributed by atoms with Crippen LogP contribution in [-0.2, 0) is 0 Å². The van der Waals surface area contributed by atoms with Crippen molar-refractivity contribution >= 4 is 11.5 Å². The second-order valence-electron chi connectivity index (χ2n) is 4.96. The number of hydrogen-bond donors (Lipinski definition) is 1. The molecule has 0 radical (unpaired) electrons. The van der Waals surface area contributed by atoms with Crippen LogP contribution in [0.25, 0.3) is 0 Å². The van der Waals surface area contributed by atoms with Gasteiger partial charge in [0.25, 0.3) is 0 Å². The van der Waals surface area contributed by atoms with E-state index in [0.29, 0.717) is 17.8 Å². The van der Waals surface area contributed by atoms with Crippen LogP contribution >= 0.6 is 0 Å². The van der Waals surface area contributed by atoms with Crippen molar-refractivity contribution in [3.05, 3.63) is 18.3 Å². The van der Waals surface area contributed by atoms with Crippen molar-refractivity contribution in [2.45, 2.75) is 46.6 Å². The maximum atomic E-state index is 5.64. The first-order chi connectivity index (χ1) is 8.08. The molecule has 1 aromatic rings. The molecular weight excluding hydrogens is 210 g/mol. The normalized spacial score (nSPS) is 11.2. The summed E-state index contributed by atoms with van der Waals surface area (Å²) >= 11 is 0. The minimum atomic E-state index is 0.586. The van der Waals surface area contributed by atoms with Crippen LogP contribution in [0.1, 0.15) is 40.5 Å². The van der Waals surface area contributed by atoms with Gasteiger partial charge in [0.2, 0.25) is 0 Å². The predicted octanol–water partition coefficient (Wildman–Crippen LogP) is 3.31. The van der Waals surface area contributed by atoms with Gasteiger partial charge in [0.1, 0.15) is 5.82 Å². The molecule has 3 nitrogen and oxygen atoms in total. The fraction of sp³-hybridized carbons (Fsp3) is 0.643. The molecule has 0 aliphatic heterocycles. The number of hydrogen-bond acceptors (Lipinski definition) is 3. The third-order valence-corrected chi connectivity index (χ3v) is 3.05. The molecule has 0 bridgehead atoms. The molecule has 0 aliphatic rings. The van der Waals surface area contributed by atoms with E-state index >= 15 is 0 Å². The van der Waals surface area contributed by atoms with Crippen LogP contribution in [0.15, 0.2) is 18.3 Å². The van der Waals surface area contributed by atoms with Crippen LogP contribution in [0, 0.1) is 5.92 Å². The van der Waals surface area contributed by atoms with Crippen molar-refractivity contribution in [1.29, 1.82) is 0 Å². The van der Waals surface area contributed by atoms with Crippen LogP contribution in [-0.4, -0.2) is 17.6 Å². The Hall–Kier alpha value is -1.25. The lowest BCUT2D eigenvalue weighted by Gasteiger charge is -2.34. The zero-order valence-corrected chi connectivity index (χ0v) is 11.5. The number of nitrogens with zero attached hydrogens (tertiary/aromatic N) is 2. The molecule has 0 aliphatic carbocycles. The summed E-state index contributed by atoms with van der Waals surface area (Å²) in [5.74, 6) is 1.23. The van der Waals surface area contributed by atoms with Gasteiger partial charge in [-0.25, -0.2) is 4.98 Å². The van der Waals surface area contributed by atoms with Gasteiger partial charge in [-0.3, -0.25) is 0 Å².